The number of hydrogen-bond acceptors (Lipinski definition) is 3. The zero-order chi connectivity index (χ0) is 14.7. The fraction of sp³-hybridized carbons (Fsp3) is 0.400. The molecule has 108 valence electrons. The normalized spacial score (nSPS) is 12.5. The van der Waals surface area contributed by atoms with Crippen LogP contribution >= 0.6 is 0 Å². The number of halogens is 4. The predicted molar refractivity (Wildman–Crippen MR) is 64.9 cm³/mol. The minimum absolute atomic E-state index is 0.129. The highest BCUT2D eigenvalue weighted by Gasteiger charge is 2.29. The molecule has 0 saturated carbocycles. The van der Waals surface area contributed by atoms with Crippen molar-refractivity contribution in [3.63, 3.8) is 0 Å². The first-order valence-electron chi connectivity index (χ1n) is 5.48. The van der Waals surface area contributed by atoms with Crippen LogP contribution in [0.15, 0.2) is 18.2 Å². The third kappa shape index (κ3) is 4.74. The molecule has 3 nitrogen and oxygen atoms in total. The van der Waals surface area contributed by atoms with Gasteiger partial charge in [0.05, 0.1) is 11.5 Å². The monoisotopic (exact) mass is 299 g/mol. The van der Waals surface area contributed by atoms with Crippen LogP contribution in [-0.4, -0.2) is 33.5 Å². The van der Waals surface area contributed by atoms with Gasteiger partial charge < -0.3 is 17.7 Å². The maximum absolute atomic E-state index is 12.9. The van der Waals surface area contributed by atoms with E-state index in [1.165, 1.54) is 6.92 Å². The third-order valence-corrected chi connectivity index (χ3v) is 4.09. The van der Waals surface area contributed by atoms with Gasteiger partial charge >= 0.3 is 6.98 Å². The van der Waals surface area contributed by atoms with Crippen LogP contribution < -0.4 is 10.2 Å². The fourth-order valence-electron chi connectivity index (χ4n) is 1.33. The summed E-state index contributed by atoms with van der Waals surface area (Å²) in [7, 11) is -3.34. The zero-order valence-corrected chi connectivity index (χ0v) is 10.9. The van der Waals surface area contributed by atoms with Crippen molar-refractivity contribution in [3.8, 4) is 5.75 Å². The second-order valence-corrected chi connectivity index (χ2v) is 6.31. The van der Waals surface area contributed by atoms with Crippen LogP contribution in [0.25, 0.3) is 0 Å². The molecule has 0 aromatic heterocycles. The molecule has 1 aromatic carbocycles. The number of ether oxygens (including phenoxy) is 1. The van der Waals surface area contributed by atoms with E-state index < -0.39 is 46.2 Å². The van der Waals surface area contributed by atoms with Crippen molar-refractivity contribution in [3.05, 3.63) is 24.0 Å². The Kier molecular flexibility index (Phi) is 4.83. The molecule has 0 radical (unpaired) electrons. The molecule has 0 unspecified atom stereocenters. The highest BCUT2D eigenvalue weighted by atomic mass is 32.2. The third-order valence-electron chi connectivity index (χ3n) is 2.42. The standard InChI is InChI=1S/C10H12BF4O3S/c1-2-19(16,17)6-5-18-10-7-8(12)3-4-9(10)11(13,14)15/h3-4,7H,2,5-6H2,1H3/q-1. The average Bonchev–Trinajstić information content (AvgIpc) is 2.27. The quantitative estimate of drug-likeness (QED) is 0.593. The molecule has 1 rings (SSSR count). The topological polar surface area (TPSA) is 43.4 Å². The van der Waals surface area contributed by atoms with Crippen molar-refractivity contribution in [2.75, 3.05) is 18.1 Å². The summed E-state index contributed by atoms with van der Waals surface area (Å²) in [5, 5.41) is 0. The molecule has 0 heterocycles. The Morgan fingerprint density at radius 3 is 2.42 bits per heavy atom. The fourth-order valence-corrected chi connectivity index (χ4v) is 1.95. The number of hydrogen-bond donors (Lipinski definition) is 0. The molecular weight excluding hydrogens is 287 g/mol. The molecule has 0 bridgehead atoms. The molecule has 9 heteroatoms. The Morgan fingerprint density at radius 1 is 1.26 bits per heavy atom. The lowest BCUT2D eigenvalue weighted by Crippen LogP contribution is -2.35. The van der Waals surface area contributed by atoms with Crippen molar-refractivity contribution < 1.29 is 30.5 Å². The average molecular weight is 299 g/mol. The Bertz CT molecular complexity index is 542. The first kappa shape index (κ1) is 15.8. The smallest absolute Gasteiger partial charge is 0.495 e. The van der Waals surface area contributed by atoms with Gasteiger partial charge in [0, 0.05) is 11.8 Å². The Morgan fingerprint density at radius 2 is 1.89 bits per heavy atom. The summed E-state index contributed by atoms with van der Waals surface area (Å²) in [6.45, 7) is -4.37. The van der Waals surface area contributed by atoms with Gasteiger partial charge in [-0.15, -0.1) is 0 Å². The Labute approximate surface area is 108 Å². The Hall–Kier alpha value is -1.25. The van der Waals surface area contributed by atoms with Gasteiger partial charge in [0.15, 0.2) is 9.84 Å². The van der Waals surface area contributed by atoms with E-state index in [0.29, 0.717) is 18.2 Å². The predicted octanol–water partition coefficient (Wildman–Crippen LogP) is 1.69. The van der Waals surface area contributed by atoms with Gasteiger partial charge in [-0.05, 0) is 6.07 Å². The van der Waals surface area contributed by atoms with Crippen LogP contribution in [0.5, 0.6) is 5.75 Å². The molecule has 0 N–H and O–H groups in total. The largest absolute Gasteiger partial charge is 0.513 e. The number of benzene rings is 1. The van der Waals surface area contributed by atoms with Gasteiger partial charge in [-0.25, -0.2) is 12.8 Å². The SMILES string of the molecule is CCS(=O)(=O)CCOc1cc(F)ccc1[B-](F)(F)F. The molecule has 0 atom stereocenters. The molecule has 0 aliphatic rings. The van der Waals surface area contributed by atoms with E-state index in [-0.39, 0.29) is 5.75 Å². The lowest BCUT2D eigenvalue weighted by atomic mass is 9.79. The second kappa shape index (κ2) is 5.81. The van der Waals surface area contributed by atoms with Crippen LogP contribution in [0.4, 0.5) is 17.3 Å². The second-order valence-electron chi connectivity index (χ2n) is 3.84. The molecule has 0 fully saturated rings. The number of sulfone groups is 1. The lowest BCUT2D eigenvalue weighted by Gasteiger charge is -2.19. The zero-order valence-electron chi connectivity index (χ0n) is 10.1. The van der Waals surface area contributed by atoms with E-state index in [4.69, 9.17) is 4.74 Å². The van der Waals surface area contributed by atoms with Gasteiger partial charge in [0.2, 0.25) is 0 Å². The van der Waals surface area contributed by atoms with Crippen molar-refractivity contribution in [1.29, 1.82) is 0 Å². The van der Waals surface area contributed by atoms with Gasteiger partial charge in [0.1, 0.15) is 12.4 Å². The van der Waals surface area contributed by atoms with E-state index in [9.17, 15) is 25.8 Å². The summed E-state index contributed by atoms with van der Waals surface area (Å²) in [6, 6.07) is 1.86. The minimum atomic E-state index is -5.34. The van der Waals surface area contributed by atoms with Gasteiger partial charge in [-0.1, -0.05) is 18.5 Å². The maximum atomic E-state index is 12.9. The molecule has 19 heavy (non-hydrogen) atoms. The lowest BCUT2D eigenvalue weighted by molar-refractivity contribution is 0.339. The van der Waals surface area contributed by atoms with E-state index in [1.54, 1.807) is 0 Å². The summed E-state index contributed by atoms with van der Waals surface area (Å²) in [5.41, 5.74) is -1.07. The van der Waals surface area contributed by atoms with E-state index in [0.717, 1.165) is 0 Å². The van der Waals surface area contributed by atoms with E-state index in [1.807, 2.05) is 0 Å². The van der Waals surface area contributed by atoms with Crippen molar-refractivity contribution in [2.45, 2.75) is 6.92 Å². The summed E-state index contributed by atoms with van der Waals surface area (Å²) in [6.07, 6.45) is 0. The molecule has 0 aliphatic carbocycles. The molecule has 0 amide bonds. The molecular formula is C10H12BF4O3S-. The van der Waals surface area contributed by atoms with Crippen LogP contribution in [0.3, 0.4) is 0 Å². The summed E-state index contributed by atoms with van der Waals surface area (Å²) in [4.78, 5) is 0. The highest BCUT2D eigenvalue weighted by molar-refractivity contribution is 7.91. The first-order valence-corrected chi connectivity index (χ1v) is 7.30. The minimum Gasteiger partial charge on any atom is -0.495 e. The van der Waals surface area contributed by atoms with Crippen LogP contribution in [0.1, 0.15) is 6.92 Å². The van der Waals surface area contributed by atoms with Crippen LogP contribution in [-0.2, 0) is 9.84 Å². The Balaban J connectivity index is 2.86. The maximum Gasteiger partial charge on any atom is 0.513 e. The van der Waals surface area contributed by atoms with Gasteiger partial charge in [-0.3, -0.25) is 0 Å². The molecule has 0 spiro atoms. The van der Waals surface area contributed by atoms with Crippen molar-refractivity contribution in [1.82, 2.24) is 0 Å². The van der Waals surface area contributed by atoms with E-state index >= 15 is 0 Å². The summed E-state index contributed by atoms with van der Waals surface area (Å²) < 4.78 is 77.9. The van der Waals surface area contributed by atoms with Crippen LogP contribution in [0.2, 0.25) is 0 Å². The van der Waals surface area contributed by atoms with Gasteiger partial charge in [0.25, 0.3) is 0 Å². The van der Waals surface area contributed by atoms with Gasteiger partial charge in [-0.2, -0.15) is 0 Å². The first-order chi connectivity index (χ1) is 8.65. The molecule has 1 aromatic rings. The number of rotatable bonds is 6. The van der Waals surface area contributed by atoms with Crippen molar-refractivity contribution >= 4 is 22.3 Å². The van der Waals surface area contributed by atoms with Crippen LogP contribution in [0, 0.1) is 5.82 Å². The summed E-state index contributed by atoms with van der Waals surface area (Å²) in [5.74, 6) is -2.10. The molecule has 0 saturated heterocycles. The molecule has 0 aliphatic heterocycles. The van der Waals surface area contributed by atoms with E-state index in [2.05, 4.69) is 0 Å². The van der Waals surface area contributed by atoms with Crippen molar-refractivity contribution in [2.24, 2.45) is 0 Å². The summed E-state index contributed by atoms with van der Waals surface area (Å²) >= 11 is 0. The highest BCUT2D eigenvalue weighted by Crippen LogP contribution is 2.19.